The van der Waals surface area contributed by atoms with Gasteiger partial charge in [0.25, 0.3) is 0 Å². The molecule has 1 aliphatic heterocycles. The Balaban J connectivity index is 1.79. The predicted molar refractivity (Wildman–Crippen MR) is 156 cm³/mol. The molecule has 0 aromatic heterocycles. The molecule has 2 unspecified atom stereocenters. The van der Waals surface area contributed by atoms with Gasteiger partial charge in [0.1, 0.15) is 5.84 Å². The second-order valence-electron chi connectivity index (χ2n) is 9.55. The second kappa shape index (κ2) is 14.2. The number of amidine groups is 1. The molecule has 3 rings (SSSR count). The van der Waals surface area contributed by atoms with Crippen molar-refractivity contribution in [3.8, 4) is 0 Å². The van der Waals surface area contributed by atoms with Gasteiger partial charge in [-0.15, -0.1) is 0 Å². The molecule has 1 aliphatic rings. The molecule has 0 spiro atoms. The summed E-state index contributed by atoms with van der Waals surface area (Å²) in [5.74, 6) is -0.343. The van der Waals surface area contributed by atoms with E-state index in [0.29, 0.717) is 41.5 Å². The average Bonchev–Trinajstić information content (AvgIpc) is 3.28. The highest BCUT2D eigenvalue weighted by atomic mass is 35.5. The maximum Gasteiger partial charge on any atom is 0.218 e. The van der Waals surface area contributed by atoms with Gasteiger partial charge in [0.15, 0.2) is 5.82 Å². The van der Waals surface area contributed by atoms with E-state index >= 15 is 0 Å². The highest BCUT2D eigenvalue weighted by Gasteiger charge is 2.20. The number of carbonyl (C=O) groups excluding carboxylic acids is 1. The van der Waals surface area contributed by atoms with Crippen LogP contribution >= 0.6 is 11.6 Å². The van der Waals surface area contributed by atoms with Gasteiger partial charge in [0.2, 0.25) is 6.41 Å². The number of hydrogen-bond acceptors (Lipinski definition) is 6. The van der Waals surface area contributed by atoms with Gasteiger partial charge in [0.05, 0.1) is 10.7 Å². The number of carbonyl (C=O) groups is 1. The van der Waals surface area contributed by atoms with Crippen molar-refractivity contribution in [2.24, 2.45) is 16.5 Å². The number of hydrogen-bond donors (Lipinski definition) is 4. The van der Waals surface area contributed by atoms with Crippen LogP contribution in [0.2, 0.25) is 5.02 Å². The van der Waals surface area contributed by atoms with Gasteiger partial charge in [-0.2, -0.15) is 0 Å². The van der Waals surface area contributed by atoms with Crippen LogP contribution in [0.25, 0.3) is 5.70 Å². The Labute approximate surface area is 229 Å². The van der Waals surface area contributed by atoms with E-state index in [-0.39, 0.29) is 16.9 Å². The van der Waals surface area contributed by atoms with Gasteiger partial charge in [-0.3, -0.25) is 9.69 Å². The summed E-state index contributed by atoms with van der Waals surface area (Å²) in [6.45, 7) is 5.68. The number of nitrogens with zero attached hydrogens (tertiary/aromatic N) is 2. The van der Waals surface area contributed by atoms with Crippen molar-refractivity contribution in [1.29, 1.82) is 0 Å². The lowest BCUT2D eigenvalue weighted by molar-refractivity contribution is -0.106. The number of benzene rings is 2. The highest BCUT2D eigenvalue weighted by molar-refractivity contribution is 6.31. The summed E-state index contributed by atoms with van der Waals surface area (Å²) in [6, 6.07) is 11.7. The van der Waals surface area contributed by atoms with Crippen molar-refractivity contribution in [2.45, 2.75) is 51.6 Å². The molecular weight excluding hydrogens is 503 g/mol. The van der Waals surface area contributed by atoms with Crippen molar-refractivity contribution in [3.05, 3.63) is 81.8 Å². The molecule has 204 valence electrons. The summed E-state index contributed by atoms with van der Waals surface area (Å²) in [6.07, 6.45) is 7.58. The molecular formula is C29H38ClFN6O. The minimum atomic E-state index is -0.542. The summed E-state index contributed by atoms with van der Waals surface area (Å²) in [4.78, 5) is 17.7. The third kappa shape index (κ3) is 7.74. The first kappa shape index (κ1) is 29.5. The topological polar surface area (TPSA) is 109 Å². The van der Waals surface area contributed by atoms with Gasteiger partial charge < -0.3 is 22.1 Å². The van der Waals surface area contributed by atoms with Gasteiger partial charge in [-0.05, 0) is 101 Å². The standard InChI is InChI=1S/C29H38ClFN6O/c1-19(34-3)6-4-7-21-14-25(28(31)26(30)15-21)27-16-23(29(33)36-27)17-37(18-38)24-10-8-22(9-11-24)20(2)35-13-5-12-32/h8-11,14-20,34-35H,4-7,12-13,32H2,1-3H3,(H2,33,36). The maximum absolute atomic E-state index is 15.0. The van der Waals surface area contributed by atoms with Crippen molar-refractivity contribution >= 4 is 35.2 Å². The van der Waals surface area contributed by atoms with Crippen molar-refractivity contribution < 1.29 is 9.18 Å². The van der Waals surface area contributed by atoms with Crippen molar-refractivity contribution in [2.75, 3.05) is 25.0 Å². The lowest BCUT2D eigenvalue weighted by Gasteiger charge is -2.17. The molecule has 0 radical (unpaired) electrons. The highest BCUT2D eigenvalue weighted by Crippen LogP contribution is 2.32. The Morgan fingerprint density at radius 1 is 1.18 bits per heavy atom. The van der Waals surface area contributed by atoms with Crippen LogP contribution < -0.4 is 27.0 Å². The summed E-state index contributed by atoms with van der Waals surface area (Å²) in [7, 11) is 1.93. The molecule has 0 saturated carbocycles. The van der Waals surface area contributed by atoms with Gasteiger partial charge in [-0.25, -0.2) is 9.38 Å². The molecule has 0 saturated heterocycles. The van der Waals surface area contributed by atoms with E-state index in [2.05, 4.69) is 29.5 Å². The Kier molecular flexibility index (Phi) is 11.0. The van der Waals surface area contributed by atoms with Gasteiger partial charge >= 0.3 is 0 Å². The predicted octanol–water partition coefficient (Wildman–Crippen LogP) is 4.67. The third-order valence-corrected chi connectivity index (χ3v) is 6.98. The van der Waals surface area contributed by atoms with E-state index in [1.807, 2.05) is 31.3 Å². The Bertz CT molecular complexity index is 1190. The third-order valence-electron chi connectivity index (χ3n) is 6.70. The van der Waals surface area contributed by atoms with E-state index in [4.69, 9.17) is 23.1 Å². The summed E-state index contributed by atoms with van der Waals surface area (Å²) in [5, 5.41) is 6.69. The SMILES string of the molecule is CNC(C)CCCc1cc(Cl)c(F)c(C2=CC(=CN(C=O)c3ccc(C(C)NCCCN)cc3)C(N)=N2)c1. The normalized spacial score (nSPS) is 15.8. The largest absolute Gasteiger partial charge is 0.383 e. The molecule has 38 heavy (non-hydrogen) atoms. The van der Waals surface area contributed by atoms with Crippen molar-refractivity contribution in [1.82, 2.24) is 10.6 Å². The molecule has 1 amide bonds. The first-order chi connectivity index (χ1) is 18.3. The first-order valence-electron chi connectivity index (χ1n) is 13.0. The van der Waals surface area contributed by atoms with Crippen LogP contribution in [0.4, 0.5) is 10.1 Å². The number of rotatable bonds is 14. The second-order valence-corrected chi connectivity index (χ2v) is 9.96. The molecule has 2 aromatic rings. The van der Waals surface area contributed by atoms with Crippen LogP contribution in [-0.2, 0) is 11.2 Å². The first-order valence-corrected chi connectivity index (χ1v) is 13.4. The number of nitrogens with two attached hydrogens (primary N) is 2. The Morgan fingerprint density at radius 2 is 1.92 bits per heavy atom. The Morgan fingerprint density at radius 3 is 2.58 bits per heavy atom. The van der Waals surface area contributed by atoms with Gasteiger partial charge in [0, 0.05) is 35.1 Å². The minimum Gasteiger partial charge on any atom is -0.383 e. The van der Waals surface area contributed by atoms with Crippen LogP contribution in [0.3, 0.4) is 0 Å². The van der Waals surface area contributed by atoms with Gasteiger partial charge in [-0.1, -0.05) is 23.7 Å². The fourth-order valence-electron chi connectivity index (χ4n) is 4.21. The molecule has 9 heteroatoms. The number of anilines is 1. The molecule has 2 aromatic carbocycles. The summed E-state index contributed by atoms with van der Waals surface area (Å²) >= 11 is 6.22. The maximum atomic E-state index is 15.0. The number of amides is 1. The lowest BCUT2D eigenvalue weighted by atomic mass is 10.0. The molecule has 2 atom stereocenters. The van der Waals surface area contributed by atoms with E-state index < -0.39 is 5.82 Å². The van der Waals surface area contributed by atoms with E-state index in [1.54, 1.807) is 24.4 Å². The van der Waals surface area contributed by atoms with Crippen molar-refractivity contribution in [3.63, 3.8) is 0 Å². The fourth-order valence-corrected chi connectivity index (χ4v) is 4.45. The zero-order valence-corrected chi connectivity index (χ0v) is 23.1. The van der Waals surface area contributed by atoms with Crippen LogP contribution in [0.1, 0.15) is 55.8 Å². The zero-order valence-electron chi connectivity index (χ0n) is 22.3. The molecule has 0 fully saturated rings. The molecule has 1 heterocycles. The van der Waals surface area contributed by atoms with Crippen LogP contribution in [0.5, 0.6) is 0 Å². The smallest absolute Gasteiger partial charge is 0.218 e. The summed E-state index contributed by atoms with van der Waals surface area (Å²) < 4.78 is 15.0. The van der Waals surface area contributed by atoms with Crippen LogP contribution in [-0.4, -0.2) is 38.4 Å². The van der Waals surface area contributed by atoms with E-state index in [9.17, 15) is 9.18 Å². The minimum absolute atomic E-state index is 0.0487. The molecule has 6 N–H and O–H groups in total. The molecule has 7 nitrogen and oxygen atoms in total. The zero-order chi connectivity index (χ0) is 27.7. The summed E-state index contributed by atoms with van der Waals surface area (Å²) in [5.41, 5.74) is 15.6. The van der Waals surface area contributed by atoms with Crippen LogP contribution in [0, 0.1) is 5.82 Å². The molecule has 0 bridgehead atoms. The number of aryl methyl sites for hydroxylation is 1. The molecule has 0 aliphatic carbocycles. The van der Waals surface area contributed by atoms with E-state index in [1.165, 1.54) is 4.90 Å². The van der Waals surface area contributed by atoms with Crippen LogP contribution in [0.15, 0.2) is 59.2 Å². The fraction of sp³-hybridized carbons (Fsp3) is 0.379. The quantitative estimate of drug-likeness (QED) is 0.206. The monoisotopic (exact) mass is 540 g/mol. The Hall–Kier alpha value is -3.04. The lowest BCUT2D eigenvalue weighted by Crippen LogP contribution is -2.22. The number of nitrogens with one attached hydrogen (secondary N) is 2. The number of halogens is 2. The van der Waals surface area contributed by atoms with E-state index in [0.717, 1.165) is 43.4 Å². The average molecular weight is 541 g/mol. The number of aliphatic imine (C=N–C) groups is 1.